The van der Waals surface area contributed by atoms with E-state index in [9.17, 15) is 4.79 Å². The molecule has 0 amide bonds. The molecule has 0 aromatic rings. The Morgan fingerprint density at radius 2 is 1.82 bits per heavy atom. The van der Waals surface area contributed by atoms with Crippen molar-refractivity contribution in [2.24, 2.45) is 10.9 Å². The van der Waals surface area contributed by atoms with Crippen LogP contribution in [0.25, 0.3) is 0 Å². The average Bonchev–Trinajstić information content (AvgIpc) is 2.68. The van der Waals surface area contributed by atoms with Crippen molar-refractivity contribution in [2.45, 2.75) is 71.6 Å². The standard InChI is InChI=1S/C21H41N3O3.HI/c1-4-22-21(24(3)16-12-19-13-17-26-18-14-19)23-15-10-8-6-7-9-11-20(25)27-5-2;/h19H,4-18H2,1-3H3,(H,22,23);1H. The first kappa shape index (κ1) is 27.4. The number of guanidine groups is 1. The minimum Gasteiger partial charge on any atom is -0.466 e. The number of esters is 1. The summed E-state index contributed by atoms with van der Waals surface area (Å²) in [5, 5.41) is 3.41. The summed E-state index contributed by atoms with van der Waals surface area (Å²) >= 11 is 0. The molecule has 0 atom stereocenters. The van der Waals surface area contributed by atoms with Crippen LogP contribution in [-0.4, -0.2) is 63.3 Å². The van der Waals surface area contributed by atoms with Gasteiger partial charge in [0.05, 0.1) is 6.61 Å². The quantitative estimate of drug-likeness (QED) is 0.132. The summed E-state index contributed by atoms with van der Waals surface area (Å²) in [6.45, 7) is 9.09. The van der Waals surface area contributed by atoms with Gasteiger partial charge in [0, 0.05) is 46.3 Å². The van der Waals surface area contributed by atoms with Crippen molar-refractivity contribution in [3.05, 3.63) is 0 Å². The maximum atomic E-state index is 11.3. The van der Waals surface area contributed by atoms with E-state index >= 15 is 0 Å². The van der Waals surface area contributed by atoms with Crippen LogP contribution in [0.4, 0.5) is 0 Å². The van der Waals surface area contributed by atoms with E-state index in [1.807, 2.05) is 6.92 Å². The maximum absolute atomic E-state index is 11.3. The number of ether oxygens (including phenoxy) is 2. The normalized spacial score (nSPS) is 15.0. The highest BCUT2D eigenvalue weighted by molar-refractivity contribution is 14.0. The zero-order chi connectivity index (χ0) is 19.7. The third-order valence-electron chi connectivity index (χ3n) is 5.02. The van der Waals surface area contributed by atoms with Crippen molar-refractivity contribution in [3.63, 3.8) is 0 Å². The summed E-state index contributed by atoms with van der Waals surface area (Å²) < 4.78 is 10.4. The molecule has 1 fully saturated rings. The van der Waals surface area contributed by atoms with Gasteiger partial charge in [0.2, 0.25) is 0 Å². The van der Waals surface area contributed by atoms with E-state index in [0.717, 1.165) is 76.8 Å². The van der Waals surface area contributed by atoms with Gasteiger partial charge in [-0.25, -0.2) is 0 Å². The van der Waals surface area contributed by atoms with Gasteiger partial charge in [0.1, 0.15) is 0 Å². The Balaban J connectivity index is 0.00000729. The minimum atomic E-state index is -0.0684. The smallest absolute Gasteiger partial charge is 0.305 e. The van der Waals surface area contributed by atoms with E-state index in [1.54, 1.807) is 0 Å². The molecule has 6 nitrogen and oxygen atoms in total. The summed E-state index contributed by atoms with van der Waals surface area (Å²) in [7, 11) is 2.14. The van der Waals surface area contributed by atoms with Crippen molar-refractivity contribution in [2.75, 3.05) is 46.5 Å². The van der Waals surface area contributed by atoms with Crippen molar-refractivity contribution in [1.29, 1.82) is 0 Å². The molecule has 0 aromatic heterocycles. The summed E-state index contributed by atoms with van der Waals surface area (Å²) in [5.41, 5.74) is 0. The molecule has 28 heavy (non-hydrogen) atoms. The second kappa shape index (κ2) is 18.5. The molecule has 1 saturated heterocycles. The first-order valence-corrected chi connectivity index (χ1v) is 10.9. The topological polar surface area (TPSA) is 63.2 Å². The predicted octanol–water partition coefficient (Wildman–Crippen LogP) is 4.22. The molecular weight excluding hydrogens is 469 g/mol. The molecule has 1 aliphatic rings. The van der Waals surface area contributed by atoms with E-state index in [4.69, 9.17) is 14.5 Å². The molecule has 1 N–H and O–H groups in total. The molecule has 0 radical (unpaired) electrons. The number of hydrogen-bond acceptors (Lipinski definition) is 4. The largest absolute Gasteiger partial charge is 0.466 e. The highest BCUT2D eigenvalue weighted by Gasteiger charge is 2.15. The number of rotatable bonds is 13. The highest BCUT2D eigenvalue weighted by atomic mass is 127. The molecule has 166 valence electrons. The van der Waals surface area contributed by atoms with Crippen LogP contribution in [0.1, 0.15) is 71.6 Å². The van der Waals surface area contributed by atoms with Crippen molar-refractivity contribution >= 4 is 35.9 Å². The summed E-state index contributed by atoms with van der Waals surface area (Å²) in [6.07, 6.45) is 9.59. The SMILES string of the molecule is CCNC(=NCCCCCCCC(=O)OCC)N(C)CCC1CCOCC1.I. The third-order valence-corrected chi connectivity index (χ3v) is 5.02. The number of nitrogens with zero attached hydrogens (tertiary/aromatic N) is 2. The Kier molecular flexibility index (Phi) is 18.1. The summed E-state index contributed by atoms with van der Waals surface area (Å²) in [5.74, 6) is 1.74. The molecule has 0 aliphatic carbocycles. The van der Waals surface area contributed by atoms with Gasteiger partial charge in [0.25, 0.3) is 0 Å². The van der Waals surface area contributed by atoms with Gasteiger partial charge < -0.3 is 19.7 Å². The lowest BCUT2D eigenvalue weighted by molar-refractivity contribution is -0.143. The number of halogens is 1. The lowest BCUT2D eigenvalue weighted by atomic mass is 9.96. The van der Waals surface area contributed by atoms with Gasteiger partial charge >= 0.3 is 5.97 Å². The third kappa shape index (κ3) is 13.6. The number of aliphatic imine (C=N–C) groups is 1. The predicted molar refractivity (Wildman–Crippen MR) is 127 cm³/mol. The number of nitrogens with one attached hydrogen (secondary N) is 1. The molecule has 0 bridgehead atoms. The Hall–Kier alpha value is -0.570. The van der Waals surface area contributed by atoms with E-state index in [2.05, 4.69) is 24.2 Å². The fourth-order valence-corrected chi connectivity index (χ4v) is 3.32. The number of unbranched alkanes of at least 4 members (excludes halogenated alkanes) is 4. The zero-order valence-corrected chi connectivity index (χ0v) is 20.5. The number of carbonyl (C=O) groups is 1. The van der Waals surface area contributed by atoms with Gasteiger partial charge in [0.15, 0.2) is 5.96 Å². The van der Waals surface area contributed by atoms with Gasteiger partial charge in [-0.15, -0.1) is 24.0 Å². The fourth-order valence-electron chi connectivity index (χ4n) is 3.32. The van der Waals surface area contributed by atoms with Crippen molar-refractivity contribution in [3.8, 4) is 0 Å². The number of carbonyl (C=O) groups excluding carboxylic acids is 1. The molecule has 1 rings (SSSR count). The molecule has 1 aliphatic heterocycles. The molecule has 0 spiro atoms. The Morgan fingerprint density at radius 1 is 1.14 bits per heavy atom. The van der Waals surface area contributed by atoms with Crippen LogP contribution in [-0.2, 0) is 14.3 Å². The lowest BCUT2D eigenvalue weighted by Crippen LogP contribution is -2.40. The number of hydrogen-bond donors (Lipinski definition) is 1. The molecule has 7 heteroatoms. The first-order valence-electron chi connectivity index (χ1n) is 10.9. The van der Waals surface area contributed by atoms with Crippen LogP contribution in [0.15, 0.2) is 4.99 Å². The molecule has 0 aromatic carbocycles. The molecule has 0 saturated carbocycles. The van der Waals surface area contributed by atoms with Crippen LogP contribution in [0.3, 0.4) is 0 Å². The fraction of sp³-hybridized carbons (Fsp3) is 0.905. The van der Waals surface area contributed by atoms with Crippen LogP contribution < -0.4 is 5.32 Å². The Bertz CT molecular complexity index is 416. The molecular formula is C21H42IN3O3. The zero-order valence-electron chi connectivity index (χ0n) is 18.2. The Labute approximate surface area is 189 Å². The van der Waals surface area contributed by atoms with Crippen molar-refractivity contribution in [1.82, 2.24) is 10.2 Å². The molecule has 1 heterocycles. The molecule has 0 unspecified atom stereocenters. The van der Waals surface area contributed by atoms with E-state index in [1.165, 1.54) is 19.3 Å². The second-order valence-electron chi connectivity index (χ2n) is 7.32. The van der Waals surface area contributed by atoms with Gasteiger partial charge in [-0.3, -0.25) is 9.79 Å². The highest BCUT2D eigenvalue weighted by Crippen LogP contribution is 2.18. The maximum Gasteiger partial charge on any atom is 0.305 e. The minimum absolute atomic E-state index is 0. The van der Waals surface area contributed by atoms with Gasteiger partial charge in [-0.1, -0.05) is 19.3 Å². The average molecular weight is 511 g/mol. The lowest BCUT2D eigenvalue weighted by Gasteiger charge is -2.26. The Morgan fingerprint density at radius 3 is 2.50 bits per heavy atom. The first-order chi connectivity index (χ1) is 13.2. The summed E-state index contributed by atoms with van der Waals surface area (Å²) in [4.78, 5) is 18.3. The van der Waals surface area contributed by atoms with Gasteiger partial charge in [-0.2, -0.15) is 0 Å². The van der Waals surface area contributed by atoms with Crippen LogP contribution in [0, 0.1) is 5.92 Å². The second-order valence-corrected chi connectivity index (χ2v) is 7.32. The van der Waals surface area contributed by atoms with E-state index in [-0.39, 0.29) is 29.9 Å². The van der Waals surface area contributed by atoms with Crippen LogP contribution in [0.2, 0.25) is 0 Å². The van der Waals surface area contributed by atoms with Crippen LogP contribution in [0.5, 0.6) is 0 Å². The van der Waals surface area contributed by atoms with E-state index < -0.39 is 0 Å². The van der Waals surface area contributed by atoms with Gasteiger partial charge in [-0.05, 0) is 51.9 Å². The van der Waals surface area contributed by atoms with Crippen molar-refractivity contribution < 1.29 is 14.3 Å². The summed E-state index contributed by atoms with van der Waals surface area (Å²) in [6, 6.07) is 0. The van der Waals surface area contributed by atoms with E-state index in [0.29, 0.717) is 13.0 Å². The van der Waals surface area contributed by atoms with Crippen LogP contribution >= 0.6 is 24.0 Å². The monoisotopic (exact) mass is 511 g/mol.